The Labute approximate surface area is 163 Å². The molecule has 0 spiro atoms. The molecule has 0 bridgehead atoms. The Bertz CT molecular complexity index is 935. The molecule has 3 rings (SSSR count). The van der Waals surface area contributed by atoms with Crippen LogP contribution in [0.3, 0.4) is 0 Å². The van der Waals surface area contributed by atoms with Crippen molar-refractivity contribution in [2.45, 2.75) is 26.2 Å². The molecule has 0 atom stereocenters. The van der Waals surface area contributed by atoms with Gasteiger partial charge in [0.1, 0.15) is 6.54 Å². The molecule has 7 heteroatoms. The Balaban J connectivity index is 1.79. The fourth-order valence-corrected chi connectivity index (χ4v) is 3.19. The molecular weight excluding hydrogens is 358 g/mol. The van der Waals surface area contributed by atoms with Crippen LogP contribution in [0, 0.1) is 6.92 Å². The van der Waals surface area contributed by atoms with E-state index in [1.807, 2.05) is 31.2 Å². The maximum Gasteiger partial charge on any atom is 0.325 e. The first-order chi connectivity index (χ1) is 13.2. The number of carbonyl (C=O) groups is 3. The Morgan fingerprint density at radius 3 is 2.29 bits per heavy atom. The van der Waals surface area contributed by atoms with Crippen LogP contribution in [0.15, 0.2) is 42.5 Å². The molecule has 0 saturated carbocycles. The second-order valence-corrected chi connectivity index (χ2v) is 7.27. The molecule has 2 aromatic rings. The molecule has 1 aliphatic rings. The van der Waals surface area contributed by atoms with Crippen LogP contribution < -0.4 is 15.5 Å². The summed E-state index contributed by atoms with van der Waals surface area (Å²) in [7, 11) is 1.29. The van der Waals surface area contributed by atoms with Crippen molar-refractivity contribution in [1.82, 2.24) is 0 Å². The zero-order valence-corrected chi connectivity index (χ0v) is 16.3. The van der Waals surface area contributed by atoms with Gasteiger partial charge in [0.25, 0.3) is 0 Å². The summed E-state index contributed by atoms with van der Waals surface area (Å²) in [6.45, 7) is 5.41. The lowest BCUT2D eigenvalue weighted by molar-refractivity contribution is -0.140. The van der Waals surface area contributed by atoms with Gasteiger partial charge in [-0.1, -0.05) is 17.7 Å². The van der Waals surface area contributed by atoms with Gasteiger partial charge in [-0.25, -0.2) is 4.79 Å². The molecule has 1 aliphatic heterocycles. The number of esters is 1. The molecular formula is C21H23N3O4. The number of rotatable bonds is 4. The molecule has 7 nitrogen and oxygen atoms in total. The maximum atomic E-state index is 12.8. The number of methoxy groups -OCH3 is 1. The summed E-state index contributed by atoms with van der Waals surface area (Å²) >= 11 is 0. The zero-order valence-electron chi connectivity index (χ0n) is 16.3. The fourth-order valence-electron chi connectivity index (χ4n) is 3.19. The number of amides is 3. The second-order valence-electron chi connectivity index (χ2n) is 7.27. The minimum absolute atomic E-state index is 0.146. The molecule has 0 aromatic heterocycles. The monoisotopic (exact) mass is 381 g/mol. The van der Waals surface area contributed by atoms with Crippen molar-refractivity contribution in [1.29, 1.82) is 0 Å². The van der Waals surface area contributed by atoms with Gasteiger partial charge in [0, 0.05) is 17.1 Å². The van der Waals surface area contributed by atoms with Crippen LogP contribution in [0.25, 0.3) is 0 Å². The quantitative estimate of drug-likeness (QED) is 0.794. The van der Waals surface area contributed by atoms with Gasteiger partial charge < -0.3 is 20.3 Å². The Kier molecular flexibility index (Phi) is 5.09. The highest BCUT2D eigenvalue weighted by Crippen LogP contribution is 2.42. The third-order valence-electron chi connectivity index (χ3n) is 4.82. The highest BCUT2D eigenvalue weighted by Gasteiger charge is 2.44. The van der Waals surface area contributed by atoms with E-state index in [1.54, 1.807) is 32.0 Å². The summed E-state index contributed by atoms with van der Waals surface area (Å²) in [6.07, 6.45) is 0. The first-order valence-electron chi connectivity index (χ1n) is 8.90. The normalized spacial score (nSPS) is 14.4. The fraction of sp³-hybridized carbons (Fsp3) is 0.286. The first kappa shape index (κ1) is 19.4. The SMILES string of the molecule is COC(=O)CN1C(=O)C(C)(C)c2cc(NC(=O)Nc3ccc(C)cc3)ccc21. The van der Waals surface area contributed by atoms with Gasteiger partial charge >= 0.3 is 12.0 Å². The van der Waals surface area contributed by atoms with Crippen molar-refractivity contribution < 1.29 is 19.1 Å². The van der Waals surface area contributed by atoms with Crippen LogP contribution >= 0.6 is 0 Å². The lowest BCUT2D eigenvalue weighted by atomic mass is 9.86. The van der Waals surface area contributed by atoms with E-state index in [9.17, 15) is 14.4 Å². The number of carbonyl (C=O) groups excluding carboxylic acids is 3. The minimum Gasteiger partial charge on any atom is -0.468 e. The van der Waals surface area contributed by atoms with Gasteiger partial charge in [0.15, 0.2) is 0 Å². The minimum atomic E-state index is -0.811. The van der Waals surface area contributed by atoms with Gasteiger partial charge in [0.2, 0.25) is 5.91 Å². The molecule has 28 heavy (non-hydrogen) atoms. The lowest BCUT2D eigenvalue weighted by Gasteiger charge is -2.19. The highest BCUT2D eigenvalue weighted by molar-refractivity contribution is 6.10. The predicted molar refractivity (Wildman–Crippen MR) is 108 cm³/mol. The van der Waals surface area contributed by atoms with Crippen LogP contribution in [0.4, 0.5) is 21.9 Å². The van der Waals surface area contributed by atoms with Crippen LogP contribution in [0.5, 0.6) is 0 Å². The third-order valence-corrected chi connectivity index (χ3v) is 4.82. The Morgan fingerprint density at radius 2 is 1.64 bits per heavy atom. The standard InChI is InChI=1S/C21H23N3O4/c1-13-5-7-14(8-6-13)22-20(27)23-15-9-10-17-16(11-15)21(2,3)19(26)24(17)12-18(25)28-4/h5-11H,12H2,1-4H3,(H2,22,23,27). The average Bonchev–Trinajstić information content (AvgIpc) is 2.84. The van der Waals surface area contributed by atoms with E-state index in [-0.39, 0.29) is 18.5 Å². The van der Waals surface area contributed by atoms with E-state index in [0.29, 0.717) is 17.1 Å². The molecule has 0 aliphatic carbocycles. The largest absolute Gasteiger partial charge is 0.468 e. The third kappa shape index (κ3) is 3.69. The molecule has 0 unspecified atom stereocenters. The van der Waals surface area contributed by atoms with E-state index >= 15 is 0 Å². The van der Waals surface area contributed by atoms with Crippen molar-refractivity contribution in [3.8, 4) is 0 Å². The van der Waals surface area contributed by atoms with Crippen molar-refractivity contribution in [3.05, 3.63) is 53.6 Å². The van der Waals surface area contributed by atoms with Gasteiger partial charge in [-0.15, -0.1) is 0 Å². The number of nitrogens with zero attached hydrogens (tertiary/aromatic N) is 1. The average molecular weight is 381 g/mol. The molecule has 0 radical (unpaired) electrons. The summed E-state index contributed by atoms with van der Waals surface area (Å²) in [5.41, 5.74) is 2.93. The number of hydrogen-bond acceptors (Lipinski definition) is 4. The summed E-state index contributed by atoms with van der Waals surface area (Å²) in [5.74, 6) is -0.675. The molecule has 1 heterocycles. The zero-order chi connectivity index (χ0) is 20.5. The number of nitrogens with one attached hydrogen (secondary N) is 2. The summed E-state index contributed by atoms with van der Waals surface area (Å²) in [6, 6.07) is 12.3. The first-order valence-corrected chi connectivity index (χ1v) is 8.90. The molecule has 2 aromatic carbocycles. The molecule has 0 fully saturated rings. The van der Waals surface area contributed by atoms with Crippen molar-refractivity contribution in [2.24, 2.45) is 0 Å². The maximum absolute atomic E-state index is 12.8. The van der Waals surface area contributed by atoms with Gasteiger partial charge in [-0.2, -0.15) is 0 Å². The second kappa shape index (κ2) is 7.34. The smallest absolute Gasteiger partial charge is 0.325 e. The topological polar surface area (TPSA) is 87.7 Å². The van der Waals surface area contributed by atoms with E-state index in [4.69, 9.17) is 0 Å². The number of hydrogen-bond donors (Lipinski definition) is 2. The van der Waals surface area contributed by atoms with Crippen LogP contribution in [-0.4, -0.2) is 31.6 Å². The summed E-state index contributed by atoms with van der Waals surface area (Å²) in [5, 5.41) is 5.55. The van der Waals surface area contributed by atoms with Gasteiger partial charge in [-0.3, -0.25) is 9.59 Å². The van der Waals surface area contributed by atoms with Crippen molar-refractivity contribution in [2.75, 3.05) is 29.2 Å². The number of ether oxygens (including phenoxy) is 1. The van der Waals surface area contributed by atoms with E-state index in [2.05, 4.69) is 15.4 Å². The molecule has 146 valence electrons. The Hall–Kier alpha value is -3.35. The van der Waals surface area contributed by atoms with Crippen LogP contribution in [-0.2, 0) is 19.7 Å². The molecule has 3 amide bonds. The van der Waals surface area contributed by atoms with E-state index < -0.39 is 11.4 Å². The predicted octanol–water partition coefficient (Wildman–Crippen LogP) is 3.44. The van der Waals surface area contributed by atoms with E-state index in [1.165, 1.54) is 12.0 Å². The summed E-state index contributed by atoms with van der Waals surface area (Å²) in [4.78, 5) is 38.1. The van der Waals surface area contributed by atoms with Gasteiger partial charge in [0.05, 0.1) is 12.5 Å². The Morgan fingerprint density at radius 1 is 1.04 bits per heavy atom. The van der Waals surface area contributed by atoms with Crippen molar-refractivity contribution >= 4 is 35.0 Å². The number of anilines is 3. The summed E-state index contributed by atoms with van der Waals surface area (Å²) < 4.78 is 4.69. The number of urea groups is 1. The molecule has 0 saturated heterocycles. The number of benzene rings is 2. The van der Waals surface area contributed by atoms with Gasteiger partial charge in [-0.05, 0) is 56.7 Å². The van der Waals surface area contributed by atoms with Crippen molar-refractivity contribution in [3.63, 3.8) is 0 Å². The van der Waals surface area contributed by atoms with E-state index in [0.717, 1.165) is 11.1 Å². The molecule has 2 N–H and O–H groups in total. The lowest BCUT2D eigenvalue weighted by Crippen LogP contribution is -2.39. The highest BCUT2D eigenvalue weighted by atomic mass is 16.5. The van der Waals surface area contributed by atoms with Crippen LogP contribution in [0.1, 0.15) is 25.0 Å². The van der Waals surface area contributed by atoms with Crippen LogP contribution in [0.2, 0.25) is 0 Å². The number of fused-ring (bicyclic) bond motifs is 1. The number of aryl methyl sites for hydroxylation is 1.